The zero-order chi connectivity index (χ0) is 12.1. The zero-order valence-electron chi connectivity index (χ0n) is 8.93. The van der Waals surface area contributed by atoms with Crippen LogP contribution in [-0.4, -0.2) is 16.2 Å². The van der Waals surface area contributed by atoms with Crippen LogP contribution < -0.4 is 11.1 Å². The van der Waals surface area contributed by atoms with Crippen LogP contribution in [0.25, 0.3) is 0 Å². The molecule has 1 aromatic carbocycles. The maximum Gasteiger partial charge on any atom is 0.310 e. The Morgan fingerprint density at radius 3 is 2.44 bits per heavy atom. The molecule has 0 aromatic heterocycles. The molecule has 0 aliphatic carbocycles. The molecule has 0 fully saturated rings. The van der Waals surface area contributed by atoms with Gasteiger partial charge in [0.1, 0.15) is 0 Å². The van der Waals surface area contributed by atoms with Gasteiger partial charge in [-0.2, -0.15) is 0 Å². The van der Waals surface area contributed by atoms with E-state index in [-0.39, 0.29) is 5.11 Å². The molecule has 0 amide bonds. The molecule has 0 heterocycles. The molecule has 1 aromatic rings. The van der Waals surface area contributed by atoms with Crippen LogP contribution >= 0.6 is 12.2 Å². The van der Waals surface area contributed by atoms with Crippen LogP contribution in [0.1, 0.15) is 24.8 Å². The van der Waals surface area contributed by atoms with Crippen molar-refractivity contribution >= 4 is 29.0 Å². The van der Waals surface area contributed by atoms with Gasteiger partial charge in [-0.15, -0.1) is 0 Å². The van der Waals surface area contributed by atoms with Crippen LogP contribution in [0.4, 0.5) is 5.69 Å². The van der Waals surface area contributed by atoms with Crippen molar-refractivity contribution in [1.82, 2.24) is 0 Å². The predicted molar refractivity (Wildman–Crippen MR) is 67.5 cm³/mol. The second-order valence-corrected chi connectivity index (χ2v) is 3.85. The number of nitrogens with one attached hydrogen (secondary N) is 1. The fourth-order valence-electron chi connectivity index (χ4n) is 1.49. The first-order valence-corrected chi connectivity index (χ1v) is 5.34. The van der Waals surface area contributed by atoms with Gasteiger partial charge in [-0.1, -0.05) is 19.1 Å². The van der Waals surface area contributed by atoms with E-state index in [9.17, 15) is 4.79 Å². The van der Waals surface area contributed by atoms with Crippen LogP contribution in [0, 0.1) is 0 Å². The highest BCUT2D eigenvalue weighted by Crippen LogP contribution is 2.21. The van der Waals surface area contributed by atoms with Crippen molar-refractivity contribution in [2.75, 3.05) is 5.32 Å². The first-order chi connectivity index (χ1) is 7.54. The molecule has 1 rings (SSSR count). The minimum Gasteiger partial charge on any atom is -0.481 e. The monoisotopic (exact) mass is 238 g/mol. The summed E-state index contributed by atoms with van der Waals surface area (Å²) in [4.78, 5) is 10.9. The third kappa shape index (κ3) is 3.20. The van der Waals surface area contributed by atoms with Gasteiger partial charge < -0.3 is 16.2 Å². The lowest BCUT2D eigenvalue weighted by Crippen LogP contribution is -2.18. The lowest BCUT2D eigenvalue weighted by molar-refractivity contribution is -0.138. The minimum atomic E-state index is -0.808. The second kappa shape index (κ2) is 5.46. The van der Waals surface area contributed by atoms with Crippen molar-refractivity contribution in [2.45, 2.75) is 19.3 Å². The van der Waals surface area contributed by atoms with Crippen LogP contribution in [0.3, 0.4) is 0 Å². The first-order valence-electron chi connectivity index (χ1n) is 4.93. The molecular weight excluding hydrogens is 224 g/mol. The van der Waals surface area contributed by atoms with Crippen molar-refractivity contribution in [1.29, 1.82) is 0 Å². The summed E-state index contributed by atoms with van der Waals surface area (Å²) in [5.41, 5.74) is 6.86. The Bertz CT molecular complexity index is 389. The fourth-order valence-corrected chi connectivity index (χ4v) is 1.61. The molecule has 4 N–H and O–H groups in total. The average Bonchev–Trinajstić information content (AvgIpc) is 2.20. The number of nitrogens with two attached hydrogens (primary N) is 1. The van der Waals surface area contributed by atoms with E-state index in [1.807, 2.05) is 6.92 Å². The van der Waals surface area contributed by atoms with E-state index in [1.54, 1.807) is 24.3 Å². The van der Waals surface area contributed by atoms with Gasteiger partial charge in [-0.25, -0.2) is 0 Å². The quantitative estimate of drug-likeness (QED) is 0.699. The van der Waals surface area contributed by atoms with Crippen LogP contribution in [0.5, 0.6) is 0 Å². The Balaban J connectivity index is 2.85. The summed E-state index contributed by atoms with van der Waals surface area (Å²) in [5.74, 6) is -1.27. The molecule has 0 spiro atoms. The summed E-state index contributed by atoms with van der Waals surface area (Å²) in [6.07, 6.45) is 0.567. The van der Waals surface area contributed by atoms with Crippen molar-refractivity contribution in [3.05, 3.63) is 29.8 Å². The summed E-state index contributed by atoms with van der Waals surface area (Å²) in [7, 11) is 0. The van der Waals surface area contributed by atoms with Crippen molar-refractivity contribution in [3.8, 4) is 0 Å². The number of aliphatic carboxylic acids is 1. The first kappa shape index (κ1) is 12.4. The van der Waals surface area contributed by atoms with Crippen molar-refractivity contribution < 1.29 is 9.90 Å². The van der Waals surface area contributed by atoms with Gasteiger partial charge in [0.05, 0.1) is 5.92 Å². The number of hydrogen-bond acceptors (Lipinski definition) is 2. The molecule has 1 atom stereocenters. The Morgan fingerprint density at radius 2 is 2.06 bits per heavy atom. The molecule has 0 saturated carbocycles. The van der Waals surface area contributed by atoms with E-state index in [0.29, 0.717) is 6.42 Å². The molecular formula is C11H14N2O2S. The molecule has 0 bridgehead atoms. The average molecular weight is 238 g/mol. The summed E-state index contributed by atoms with van der Waals surface area (Å²) in [5, 5.41) is 12.0. The molecule has 0 unspecified atom stereocenters. The summed E-state index contributed by atoms with van der Waals surface area (Å²) < 4.78 is 0. The highest BCUT2D eigenvalue weighted by molar-refractivity contribution is 7.80. The van der Waals surface area contributed by atoms with Gasteiger partial charge in [0.15, 0.2) is 5.11 Å². The fraction of sp³-hybridized carbons (Fsp3) is 0.273. The van der Waals surface area contributed by atoms with E-state index in [0.717, 1.165) is 11.3 Å². The van der Waals surface area contributed by atoms with Gasteiger partial charge in [0.2, 0.25) is 0 Å². The van der Waals surface area contributed by atoms with Crippen LogP contribution in [0.2, 0.25) is 0 Å². The van der Waals surface area contributed by atoms with Gasteiger partial charge in [0.25, 0.3) is 0 Å². The third-order valence-corrected chi connectivity index (χ3v) is 2.39. The Morgan fingerprint density at radius 1 is 1.50 bits per heavy atom. The van der Waals surface area contributed by atoms with E-state index in [1.165, 1.54) is 0 Å². The number of carboxylic acids is 1. The number of anilines is 1. The summed E-state index contributed by atoms with van der Waals surface area (Å²) in [6, 6.07) is 7.06. The third-order valence-electron chi connectivity index (χ3n) is 2.29. The SMILES string of the molecule is CC[C@H](C(=O)O)c1ccc(NC(N)=S)cc1. The van der Waals surface area contributed by atoms with Gasteiger partial charge >= 0.3 is 5.97 Å². The summed E-state index contributed by atoms with van der Waals surface area (Å²) >= 11 is 4.70. The van der Waals surface area contributed by atoms with Crippen molar-refractivity contribution in [2.24, 2.45) is 5.73 Å². The van der Waals surface area contributed by atoms with Crippen LogP contribution in [0.15, 0.2) is 24.3 Å². The Kier molecular flexibility index (Phi) is 4.25. The Hall–Kier alpha value is -1.62. The molecule has 0 aliphatic rings. The number of carbonyl (C=O) groups is 1. The maximum atomic E-state index is 10.9. The highest BCUT2D eigenvalue weighted by Gasteiger charge is 2.16. The number of benzene rings is 1. The lowest BCUT2D eigenvalue weighted by Gasteiger charge is -2.11. The number of carboxylic acid groups (broad SMARTS) is 1. The molecule has 5 heteroatoms. The number of rotatable bonds is 4. The Labute approximate surface area is 99.5 Å². The van der Waals surface area contributed by atoms with E-state index in [2.05, 4.69) is 5.32 Å². The molecule has 16 heavy (non-hydrogen) atoms. The van der Waals surface area contributed by atoms with Crippen LogP contribution in [-0.2, 0) is 4.79 Å². The van der Waals surface area contributed by atoms with E-state index in [4.69, 9.17) is 23.1 Å². The van der Waals surface area contributed by atoms with Gasteiger partial charge in [-0.05, 0) is 36.3 Å². The topological polar surface area (TPSA) is 75.3 Å². The molecule has 4 nitrogen and oxygen atoms in total. The van der Waals surface area contributed by atoms with Gasteiger partial charge in [0, 0.05) is 5.69 Å². The number of hydrogen-bond donors (Lipinski definition) is 3. The maximum absolute atomic E-state index is 10.9. The molecule has 0 aliphatic heterocycles. The summed E-state index contributed by atoms with van der Waals surface area (Å²) in [6.45, 7) is 1.85. The number of thiocarbonyl (C=S) groups is 1. The largest absolute Gasteiger partial charge is 0.481 e. The minimum absolute atomic E-state index is 0.193. The van der Waals surface area contributed by atoms with E-state index >= 15 is 0 Å². The van der Waals surface area contributed by atoms with Crippen molar-refractivity contribution in [3.63, 3.8) is 0 Å². The standard InChI is InChI=1S/C11H14N2O2S/c1-2-9(10(14)15)7-3-5-8(6-4-7)13-11(12)16/h3-6,9H,2H2,1H3,(H,14,15)(H3,12,13,16)/t9-/m0/s1. The highest BCUT2D eigenvalue weighted by atomic mass is 32.1. The zero-order valence-corrected chi connectivity index (χ0v) is 9.75. The normalized spacial score (nSPS) is 11.8. The van der Waals surface area contributed by atoms with Gasteiger partial charge in [-0.3, -0.25) is 4.79 Å². The second-order valence-electron chi connectivity index (χ2n) is 3.41. The molecule has 86 valence electrons. The smallest absolute Gasteiger partial charge is 0.310 e. The predicted octanol–water partition coefficient (Wildman–Crippen LogP) is 1.92. The van der Waals surface area contributed by atoms with E-state index < -0.39 is 11.9 Å². The lowest BCUT2D eigenvalue weighted by atomic mass is 9.96. The molecule has 0 saturated heterocycles. The molecule has 0 radical (unpaired) electrons.